The van der Waals surface area contributed by atoms with E-state index in [0.29, 0.717) is 0 Å². The first-order valence-electron chi connectivity index (χ1n) is 8.97. The van der Waals surface area contributed by atoms with Crippen molar-refractivity contribution in [3.05, 3.63) is 34.9 Å². The second-order valence-electron chi connectivity index (χ2n) is 8.00. The number of fused-ring (bicyclic) bond motifs is 1. The topological polar surface area (TPSA) is 32.8 Å². The maximum atomic E-state index is 12.6. The highest BCUT2D eigenvalue weighted by Crippen LogP contribution is 2.34. The summed E-state index contributed by atoms with van der Waals surface area (Å²) in [7, 11) is 4.17. The third-order valence-electron chi connectivity index (χ3n) is 4.25. The number of hydrogen-bond acceptors (Lipinski definition) is 3. The summed E-state index contributed by atoms with van der Waals surface area (Å²) in [5.41, 5.74) is 3.55. The molecule has 0 aliphatic carbocycles. The van der Waals surface area contributed by atoms with Crippen LogP contribution in [0, 0.1) is 0 Å². The van der Waals surface area contributed by atoms with Crippen LogP contribution in [0.4, 0.5) is 4.79 Å². The predicted molar refractivity (Wildman–Crippen MR) is 98.1 cm³/mol. The van der Waals surface area contributed by atoms with Gasteiger partial charge in [0, 0.05) is 13.1 Å². The lowest BCUT2D eigenvalue weighted by atomic mass is 9.89. The first-order valence-corrected chi connectivity index (χ1v) is 8.97. The molecule has 0 saturated heterocycles. The summed E-state index contributed by atoms with van der Waals surface area (Å²) in [6.45, 7) is 9.61. The number of rotatable bonds is 4. The van der Waals surface area contributed by atoms with Gasteiger partial charge >= 0.3 is 6.09 Å². The minimum Gasteiger partial charge on any atom is -0.444 e. The van der Waals surface area contributed by atoms with E-state index in [-0.39, 0.29) is 12.1 Å². The highest BCUT2D eigenvalue weighted by atomic mass is 16.6. The summed E-state index contributed by atoms with van der Waals surface area (Å²) in [5, 5.41) is 0. The van der Waals surface area contributed by atoms with E-state index in [0.717, 1.165) is 32.4 Å². The predicted octanol–water partition coefficient (Wildman–Crippen LogP) is 4.38. The van der Waals surface area contributed by atoms with Gasteiger partial charge in [0.25, 0.3) is 0 Å². The lowest BCUT2D eigenvalue weighted by Gasteiger charge is -2.38. The molecule has 4 heteroatoms. The third-order valence-corrected chi connectivity index (χ3v) is 4.25. The van der Waals surface area contributed by atoms with Gasteiger partial charge in [0.2, 0.25) is 0 Å². The fraction of sp³-hybridized carbons (Fsp3) is 0.650. The van der Waals surface area contributed by atoms with E-state index in [1.165, 1.54) is 16.7 Å². The molecule has 0 fully saturated rings. The largest absolute Gasteiger partial charge is 0.444 e. The van der Waals surface area contributed by atoms with Gasteiger partial charge < -0.3 is 14.5 Å². The molecule has 1 atom stereocenters. The Kier molecular flexibility index (Phi) is 5.92. The van der Waals surface area contributed by atoms with Crippen molar-refractivity contribution in [3.8, 4) is 0 Å². The van der Waals surface area contributed by atoms with Crippen LogP contribution in [0.25, 0.3) is 0 Å². The minimum atomic E-state index is -0.455. The number of carbonyl (C=O) groups excluding carboxylic acids is 1. The summed E-state index contributed by atoms with van der Waals surface area (Å²) >= 11 is 0. The molecule has 1 aromatic carbocycles. The number of hydrogen-bond donors (Lipinski definition) is 0. The van der Waals surface area contributed by atoms with E-state index in [2.05, 4.69) is 44.1 Å². The van der Waals surface area contributed by atoms with Gasteiger partial charge in [-0.1, -0.05) is 31.5 Å². The van der Waals surface area contributed by atoms with Crippen molar-refractivity contribution < 1.29 is 9.53 Å². The van der Waals surface area contributed by atoms with Crippen LogP contribution in [0.2, 0.25) is 0 Å². The number of amides is 1. The van der Waals surface area contributed by atoms with Gasteiger partial charge in [0.15, 0.2) is 0 Å². The highest BCUT2D eigenvalue weighted by Gasteiger charge is 2.33. The molecule has 1 aromatic rings. The minimum absolute atomic E-state index is 0.127. The Morgan fingerprint density at radius 2 is 2.04 bits per heavy atom. The Morgan fingerprint density at radius 3 is 2.62 bits per heavy atom. The molecule has 24 heavy (non-hydrogen) atoms. The van der Waals surface area contributed by atoms with Crippen molar-refractivity contribution in [1.82, 2.24) is 9.80 Å². The van der Waals surface area contributed by atoms with E-state index in [9.17, 15) is 4.79 Å². The molecule has 1 amide bonds. The van der Waals surface area contributed by atoms with Crippen LogP contribution in [0.5, 0.6) is 0 Å². The van der Waals surface area contributed by atoms with E-state index in [1.54, 1.807) is 0 Å². The zero-order valence-electron chi connectivity index (χ0n) is 16.1. The van der Waals surface area contributed by atoms with Gasteiger partial charge in [-0.3, -0.25) is 0 Å². The average molecular weight is 332 g/mol. The molecule has 4 nitrogen and oxygen atoms in total. The third kappa shape index (κ3) is 4.73. The van der Waals surface area contributed by atoms with Crippen molar-refractivity contribution in [2.75, 3.05) is 20.6 Å². The number of ether oxygens (including phenoxy) is 1. The van der Waals surface area contributed by atoms with Crippen LogP contribution in [0.15, 0.2) is 18.2 Å². The maximum absolute atomic E-state index is 12.6. The molecule has 134 valence electrons. The fourth-order valence-corrected chi connectivity index (χ4v) is 3.35. The Labute approximate surface area is 146 Å². The summed E-state index contributed by atoms with van der Waals surface area (Å²) in [6, 6.07) is 6.84. The van der Waals surface area contributed by atoms with Crippen molar-refractivity contribution in [3.63, 3.8) is 0 Å². The molecular formula is C20H32N2O2. The lowest BCUT2D eigenvalue weighted by Crippen LogP contribution is -2.43. The smallest absolute Gasteiger partial charge is 0.410 e. The van der Waals surface area contributed by atoms with E-state index >= 15 is 0 Å². The van der Waals surface area contributed by atoms with Crippen molar-refractivity contribution in [2.45, 2.75) is 65.1 Å². The number of carbonyl (C=O) groups is 1. The molecule has 0 saturated carbocycles. The molecule has 1 aliphatic rings. The van der Waals surface area contributed by atoms with Crippen molar-refractivity contribution in [2.24, 2.45) is 0 Å². The summed E-state index contributed by atoms with van der Waals surface area (Å²) in [4.78, 5) is 16.7. The van der Waals surface area contributed by atoms with Crippen LogP contribution in [-0.2, 0) is 17.7 Å². The molecule has 1 unspecified atom stereocenters. The zero-order chi connectivity index (χ0) is 17.9. The van der Waals surface area contributed by atoms with Crippen molar-refractivity contribution >= 4 is 6.09 Å². The van der Waals surface area contributed by atoms with E-state index < -0.39 is 5.60 Å². The molecule has 0 bridgehead atoms. The average Bonchev–Trinajstić information content (AvgIpc) is 2.45. The molecule has 0 spiro atoms. The van der Waals surface area contributed by atoms with E-state index in [4.69, 9.17) is 4.74 Å². The van der Waals surface area contributed by atoms with Gasteiger partial charge in [0.05, 0.1) is 6.04 Å². The molecule has 0 N–H and O–H groups in total. The molecule has 1 aliphatic heterocycles. The zero-order valence-corrected chi connectivity index (χ0v) is 16.1. The van der Waals surface area contributed by atoms with Gasteiger partial charge in [0.1, 0.15) is 5.60 Å². The molecule has 0 radical (unpaired) electrons. The normalized spacial score (nSPS) is 17.8. The Balaban J connectivity index is 2.26. The summed E-state index contributed by atoms with van der Waals surface area (Å²) in [6.07, 6.45) is 2.72. The fourth-order valence-electron chi connectivity index (χ4n) is 3.35. The molecule has 0 aromatic heterocycles. The van der Waals surface area contributed by atoms with Gasteiger partial charge in [-0.2, -0.15) is 0 Å². The monoisotopic (exact) mass is 332 g/mol. The first kappa shape index (κ1) is 18.8. The second-order valence-corrected chi connectivity index (χ2v) is 8.00. The molecule has 1 heterocycles. The van der Waals surface area contributed by atoms with Crippen LogP contribution in [-0.4, -0.2) is 42.1 Å². The number of nitrogens with zero attached hydrogens (tertiary/aromatic N) is 2. The van der Waals surface area contributed by atoms with Crippen LogP contribution >= 0.6 is 0 Å². The summed E-state index contributed by atoms with van der Waals surface area (Å²) in [5.74, 6) is 0. The SMILES string of the molecule is CCCC1c2ccc(CN(C)C)cc2CCN1C(=O)OC(C)(C)C. The Morgan fingerprint density at radius 1 is 1.33 bits per heavy atom. The van der Waals surface area contributed by atoms with E-state index in [1.807, 2.05) is 25.7 Å². The van der Waals surface area contributed by atoms with Gasteiger partial charge in [-0.15, -0.1) is 0 Å². The Bertz CT molecular complexity index is 575. The number of benzene rings is 1. The lowest BCUT2D eigenvalue weighted by molar-refractivity contribution is 0.0131. The summed E-state index contributed by atoms with van der Waals surface area (Å²) < 4.78 is 5.63. The molecular weight excluding hydrogens is 300 g/mol. The van der Waals surface area contributed by atoms with Gasteiger partial charge in [-0.05, 0) is 64.4 Å². The highest BCUT2D eigenvalue weighted by molar-refractivity contribution is 5.69. The molecule has 2 rings (SSSR count). The Hall–Kier alpha value is -1.55. The van der Waals surface area contributed by atoms with Gasteiger partial charge in [-0.25, -0.2) is 4.79 Å². The standard InChI is InChI=1S/C20H32N2O2/c1-7-8-18-17-10-9-15(14-21(5)6)13-16(17)11-12-22(18)19(23)24-20(2,3)4/h9-10,13,18H,7-8,11-12,14H2,1-6H3. The van der Waals surface area contributed by atoms with Crippen LogP contribution in [0.1, 0.15) is 63.3 Å². The van der Waals surface area contributed by atoms with Crippen LogP contribution in [0.3, 0.4) is 0 Å². The van der Waals surface area contributed by atoms with Crippen LogP contribution < -0.4 is 0 Å². The second kappa shape index (κ2) is 7.56. The first-order chi connectivity index (χ1) is 11.2. The van der Waals surface area contributed by atoms with Crippen molar-refractivity contribution in [1.29, 1.82) is 0 Å². The maximum Gasteiger partial charge on any atom is 0.410 e. The quantitative estimate of drug-likeness (QED) is 0.820.